The average Bonchev–Trinajstić information content (AvgIpc) is 3.17. The third-order valence-corrected chi connectivity index (χ3v) is 5.48. The van der Waals surface area contributed by atoms with Crippen LogP contribution in [0.25, 0.3) is 5.82 Å². The zero-order valence-electron chi connectivity index (χ0n) is 11.0. The molecule has 0 unspecified atom stereocenters. The molecular formula is C13H9N5O2S2. The summed E-state index contributed by atoms with van der Waals surface area (Å²) in [6.45, 7) is 0. The summed E-state index contributed by atoms with van der Waals surface area (Å²) in [5.41, 5.74) is 0.116. The summed E-state index contributed by atoms with van der Waals surface area (Å²) in [6.07, 6.45) is 2.85. The van der Waals surface area contributed by atoms with Crippen molar-refractivity contribution in [3.05, 3.63) is 53.7 Å². The van der Waals surface area contributed by atoms with E-state index >= 15 is 0 Å². The highest BCUT2D eigenvalue weighted by molar-refractivity contribution is 7.94. The monoisotopic (exact) mass is 331 g/mol. The Balaban J connectivity index is 2.08. The fourth-order valence-electron chi connectivity index (χ4n) is 1.78. The van der Waals surface area contributed by atoms with Gasteiger partial charge in [-0.1, -0.05) is 12.1 Å². The number of hydrogen-bond acceptors (Lipinski definition) is 6. The molecule has 0 aliphatic carbocycles. The van der Waals surface area contributed by atoms with Crippen LogP contribution in [-0.2, 0) is 10.0 Å². The van der Waals surface area contributed by atoms with Gasteiger partial charge in [-0.2, -0.15) is 15.0 Å². The molecule has 1 N–H and O–H groups in total. The Morgan fingerprint density at radius 1 is 1.27 bits per heavy atom. The van der Waals surface area contributed by atoms with Crippen molar-refractivity contribution in [2.75, 3.05) is 4.72 Å². The Morgan fingerprint density at radius 2 is 2.14 bits per heavy atom. The second-order valence-corrected chi connectivity index (χ2v) is 7.01. The fourth-order valence-corrected chi connectivity index (χ4v) is 3.83. The molecule has 0 radical (unpaired) electrons. The number of sulfonamides is 1. The normalized spacial score (nSPS) is 11.0. The largest absolute Gasteiger partial charge is 0.272 e. The molecule has 0 bridgehead atoms. The van der Waals surface area contributed by atoms with Crippen LogP contribution in [0.2, 0.25) is 0 Å². The Labute approximate surface area is 130 Å². The van der Waals surface area contributed by atoms with E-state index in [1.807, 2.05) is 6.07 Å². The topological polar surface area (TPSA) is 101 Å². The number of nitrogens with zero attached hydrogens (tertiary/aromatic N) is 4. The maximum Gasteiger partial charge on any atom is 0.272 e. The van der Waals surface area contributed by atoms with Crippen LogP contribution in [0.3, 0.4) is 0 Å². The van der Waals surface area contributed by atoms with Crippen molar-refractivity contribution < 1.29 is 8.42 Å². The zero-order chi connectivity index (χ0) is 15.6. The Hall–Kier alpha value is -2.70. The summed E-state index contributed by atoms with van der Waals surface area (Å²) in [6, 6.07) is 10.2. The van der Waals surface area contributed by atoms with Gasteiger partial charge >= 0.3 is 0 Å². The summed E-state index contributed by atoms with van der Waals surface area (Å²) in [7, 11) is -3.77. The number of hydrogen-bond donors (Lipinski definition) is 1. The van der Waals surface area contributed by atoms with E-state index in [1.54, 1.807) is 35.8 Å². The highest BCUT2D eigenvalue weighted by Gasteiger charge is 2.21. The SMILES string of the molecule is N#Cc1cnn(-c2ccccn2)c1NS(=O)(=O)c1cccs1. The van der Waals surface area contributed by atoms with E-state index in [-0.39, 0.29) is 15.6 Å². The van der Waals surface area contributed by atoms with Crippen molar-refractivity contribution in [1.82, 2.24) is 14.8 Å². The van der Waals surface area contributed by atoms with E-state index in [2.05, 4.69) is 14.8 Å². The molecule has 0 aromatic carbocycles. The van der Waals surface area contributed by atoms with Crippen molar-refractivity contribution in [2.24, 2.45) is 0 Å². The molecule has 0 amide bonds. The molecule has 110 valence electrons. The summed E-state index contributed by atoms with van der Waals surface area (Å²) in [5, 5.41) is 14.8. The van der Waals surface area contributed by atoms with Crippen molar-refractivity contribution >= 4 is 27.2 Å². The molecular weight excluding hydrogens is 322 g/mol. The molecule has 3 rings (SSSR count). The van der Waals surface area contributed by atoms with E-state index in [0.717, 1.165) is 11.3 Å². The van der Waals surface area contributed by atoms with Gasteiger partial charge in [0.25, 0.3) is 10.0 Å². The molecule has 9 heteroatoms. The lowest BCUT2D eigenvalue weighted by Crippen LogP contribution is -2.16. The number of anilines is 1. The van der Waals surface area contributed by atoms with Crippen LogP contribution in [0.4, 0.5) is 5.82 Å². The molecule has 0 fully saturated rings. The Kier molecular flexibility index (Phi) is 3.62. The second-order valence-electron chi connectivity index (χ2n) is 4.16. The first kappa shape index (κ1) is 14.2. The number of nitriles is 1. The minimum Gasteiger partial charge on any atom is -0.261 e. The Bertz CT molecular complexity index is 925. The van der Waals surface area contributed by atoms with Gasteiger partial charge in [0.1, 0.15) is 15.8 Å². The lowest BCUT2D eigenvalue weighted by molar-refractivity contribution is 0.602. The molecule has 7 nitrogen and oxygen atoms in total. The van der Waals surface area contributed by atoms with Crippen LogP contribution < -0.4 is 4.72 Å². The van der Waals surface area contributed by atoms with E-state index in [9.17, 15) is 8.42 Å². The van der Waals surface area contributed by atoms with Gasteiger partial charge in [0, 0.05) is 6.20 Å². The molecule has 3 aromatic heterocycles. The van der Waals surface area contributed by atoms with Crippen LogP contribution >= 0.6 is 11.3 Å². The van der Waals surface area contributed by atoms with Gasteiger partial charge in [0.2, 0.25) is 0 Å². The first-order valence-electron chi connectivity index (χ1n) is 6.07. The standard InChI is InChI=1S/C13H9N5O2S2/c14-8-10-9-16-18(11-4-1-2-6-15-11)13(10)17-22(19,20)12-5-3-7-21-12/h1-7,9,17H. The quantitative estimate of drug-likeness (QED) is 0.788. The third-order valence-electron chi connectivity index (χ3n) is 2.75. The minimum absolute atomic E-state index is 0.0644. The van der Waals surface area contributed by atoms with E-state index in [1.165, 1.54) is 16.9 Å². The second kappa shape index (κ2) is 5.59. The molecule has 0 spiro atoms. The number of pyridine rings is 1. The van der Waals surface area contributed by atoms with Crippen molar-refractivity contribution in [1.29, 1.82) is 5.26 Å². The van der Waals surface area contributed by atoms with Gasteiger partial charge in [0.15, 0.2) is 11.6 Å². The lowest BCUT2D eigenvalue weighted by atomic mass is 10.4. The maximum atomic E-state index is 12.3. The molecule has 0 aliphatic rings. The van der Waals surface area contributed by atoms with Crippen LogP contribution in [-0.4, -0.2) is 23.2 Å². The smallest absolute Gasteiger partial charge is 0.261 e. The first-order chi connectivity index (χ1) is 10.6. The molecule has 3 heterocycles. The fraction of sp³-hybridized carbons (Fsp3) is 0. The molecule has 22 heavy (non-hydrogen) atoms. The summed E-state index contributed by atoms with van der Waals surface area (Å²) in [4.78, 5) is 4.11. The first-order valence-corrected chi connectivity index (χ1v) is 8.44. The van der Waals surface area contributed by atoms with Gasteiger partial charge < -0.3 is 0 Å². The molecule has 0 saturated carbocycles. The summed E-state index contributed by atoms with van der Waals surface area (Å²) >= 11 is 1.09. The van der Waals surface area contributed by atoms with Gasteiger partial charge in [-0.25, -0.2) is 13.4 Å². The molecule has 3 aromatic rings. The van der Waals surface area contributed by atoms with Crippen molar-refractivity contribution in [3.8, 4) is 11.9 Å². The van der Waals surface area contributed by atoms with E-state index < -0.39 is 10.0 Å². The molecule has 0 saturated heterocycles. The molecule has 0 atom stereocenters. The van der Waals surface area contributed by atoms with Crippen molar-refractivity contribution in [3.63, 3.8) is 0 Å². The number of thiophene rings is 1. The third kappa shape index (κ3) is 2.57. The van der Waals surface area contributed by atoms with Gasteiger partial charge in [-0.15, -0.1) is 11.3 Å². The highest BCUT2D eigenvalue weighted by atomic mass is 32.2. The van der Waals surface area contributed by atoms with Gasteiger partial charge in [0.05, 0.1) is 6.20 Å². The number of nitrogens with one attached hydrogen (secondary N) is 1. The van der Waals surface area contributed by atoms with Crippen molar-refractivity contribution in [2.45, 2.75) is 4.21 Å². The van der Waals surface area contributed by atoms with Gasteiger partial charge in [-0.05, 0) is 23.6 Å². The van der Waals surface area contributed by atoms with Gasteiger partial charge in [-0.3, -0.25) is 4.72 Å². The van der Waals surface area contributed by atoms with Crippen LogP contribution in [0.1, 0.15) is 5.56 Å². The summed E-state index contributed by atoms with van der Waals surface area (Å²) < 4.78 is 28.5. The minimum atomic E-state index is -3.77. The Morgan fingerprint density at radius 3 is 2.77 bits per heavy atom. The highest BCUT2D eigenvalue weighted by Crippen LogP contribution is 2.24. The maximum absolute atomic E-state index is 12.3. The average molecular weight is 331 g/mol. The van der Waals surface area contributed by atoms with E-state index in [0.29, 0.717) is 5.82 Å². The van der Waals surface area contributed by atoms with Crippen LogP contribution in [0.15, 0.2) is 52.3 Å². The predicted molar refractivity (Wildman–Crippen MR) is 81.2 cm³/mol. The van der Waals surface area contributed by atoms with Crippen LogP contribution in [0, 0.1) is 11.3 Å². The predicted octanol–water partition coefficient (Wildman–Crippen LogP) is 2.00. The molecule has 0 aliphatic heterocycles. The number of aromatic nitrogens is 3. The summed E-state index contributed by atoms with van der Waals surface area (Å²) in [5.74, 6) is 0.475. The van der Waals surface area contributed by atoms with E-state index in [4.69, 9.17) is 5.26 Å². The van der Waals surface area contributed by atoms with Crippen LogP contribution in [0.5, 0.6) is 0 Å². The number of rotatable bonds is 4. The lowest BCUT2D eigenvalue weighted by Gasteiger charge is -2.09. The zero-order valence-corrected chi connectivity index (χ0v) is 12.7.